The predicted octanol–water partition coefficient (Wildman–Crippen LogP) is 3.11. The van der Waals surface area contributed by atoms with Crippen molar-refractivity contribution in [2.24, 2.45) is 0 Å². The third-order valence-electron chi connectivity index (χ3n) is 4.41. The minimum absolute atomic E-state index is 0.277. The Hall–Kier alpha value is -1.26. The fourth-order valence-corrected chi connectivity index (χ4v) is 3.06. The van der Waals surface area contributed by atoms with E-state index in [9.17, 15) is 4.79 Å². The van der Waals surface area contributed by atoms with Gasteiger partial charge in [-0.25, -0.2) is 0 Å². The van der Waals surface area contributed by atoms with Gasteiger partial charge in [0.2, 0.25) is 5.91 Å². The van der Waals surface area contributed by atoms with Crippen LogP contribution < -0.4 is 4.90 Å². The van der Waals surface area contributed by atoms with Crippen LogP contribution in [-0.4, -0.2) is 62.0 Å². The van der Waals surface area contributed by atoms with E-state index in [4.69, 9.17) is 11.6 Å². The van der Waals surface area contributed by atoms with E-state index in [1.54, 1.807) is 0 Å². The number of nitrogens with zero attached hydrogens (tertiary/aromatic N) is 3. The molecule has 0 radical (unpaired) electrons. The molecule has 0 saturated carbocycles. The van der Waals surface area contributed by atoms with E-state index in [-0.39, 0.29) is 5.91 Å². The van der Waals surface area contributed by atoms with Gasteiger partial charge in [0.15, 0.2) is 0 Å². The lowest BCUT2D eigenvalue weighted by molar-refractivity contribution is -0.131. The molecule has 0 N–H and O–H groups in total. The molecule has 1 aliphatic heterocycles. The number of carbonyl (C=O) groups excluding carboxylic acids is 1. The van der Waals surface area contributed by atoms with E-state index in [2.05, 4.69) is 29.8 Å². The molecule has 0 atom stereocenters. The summed E-state index contributed by atoms with van der Waals surface area (Å²) >= 11 is 6.05. The van der Waals surface area contributed by atoms with E-state index >= 15 is 0 Å². The number of benzene rings is 1. The van der Waals surface area contributed by atoms with Crippen molar-refractivity contribution in [3.63, 3.8) is 0 Å². The molecule has 0 unspecified atom stereocenters. The first-order valence-corrected chi connectivity index (χ1v) is 8.94. The third kappa shape index (κ3) is 5.70. The highest BCUT2D eigenvalue weighted by atomic mass is 35.5. The number of hydrogen-bond donors (Lipinski definition) is 0. The Bertz CT molecular complexity index is 501. The van der Waals surface area contributed by atoms with Crippen LogP contribution in [0.5, 0.6) is 0 Å². The number of unbranched alkanes of at least 4 members (excludes halogenated alkanes) is 1. The highest BCUT2D eigenvalue weighted by molar-refractivity contribution is 6.30. The Morgan fingerprint density at radius 2 is 1.96 bits per heavy atom. The Kier molecular flexibility index (Phi) is 7.18. The highest BCUT2D eigenvalue weighted by Crippen LogP contribution is 2.20. The monoisotopic (exact) mass is 337 g/mol. The Balaban J connectivity index is 1.74. The number of anilines is 1. The number of rotatable bonds is 7. The molecule has 4 nitrogen and oxygen atoms in total. The van der Waals surface area contributed by atoms with Crippen molar-refractivity contribution in [1.82, 2.24) is 9.80 Å². The first kappa shape index (κ1) is 18.1. The summed E-state index contributed by atoms with van der Waals surface area (Å²) < 4.78 is 0. The number of carbonyl (C=O) groups is 1. The highest BCUT2D eigenvalue weighted by Gasteiger charge is 2.21. The van der Waals surface area contributed by atoms with Gasteiger partial charge in [0.25, 0.3) is 0 Å². The maximum atomic E-state index is 12.3. The van der Waals surface area contributed by atoms with Gasteiger partial charge in [0.1, 0.15) is 0 Å². The van der Waals surface area contributed by atoms with Gasteiger partial charge in [-0.15, -0.1) is 0 Å². The van der Waals surface area contributed by atoms with Crippen molar-refractivity contribution in [2.75, 3.05) is 51.2 Å². The van der Waals surface area contributed by atoms with Crippen molar-refractivity contribution in [1.29, 1.82) is 0 Å². The van der Waals surface area contributed by atoms with Gasteiger partial charge in [0.05, 0.1) is 0 Å². The first-order valence-electron chi connectivity index (χ1n) is 8.57. The van der Waals surface area contributed by atoms with Crippen molar-refractivity contribution >= 4 is 23.2 Å². The molecule has 5 heteroatoms. The van der Waals surface area contributed by atoms with Gasteiger partial charge in [-0.3, -0.25) is 4.79 Å². The van der Waals surface area contributed by atoms with Gasteiger partial charge in [0, 0.05) is 49.9 Å². The molecule has 1 saturated heterocycles. The normalized spacial score (nSPS) is 15.3. The van der Waals surface area contributed by atoms with E-state index in [0.29, 0.717) is 6.42 Å². The summed E-state index contributed by atoms with van der Waals surface area (Å²) in [5.41, 5.74) is 1.14. The minimum atomic E-state index is 0.277. The second-order valence-electron chi connectivity index (χ2n) is 6.25. The number of hydrogen-bond acceptors (Lipinski definition) is 3. The Morgan fingerprint density at radius 3 is 2.61 bits per heavy atom. The molecule has 2 rings (SSSR count). The summed E-state index contributed by atoms with van der Waals surface area (Å²) in [7, 11) is 2.10. The van der Waals surface area contributed by atoms with E-state index < -0.39 is 0 Å². The molecule has 1 aliphatic rings. The third-order valence-corrected chi connectivity index (χ3v) is 4.64. The van der Waals surface area contributed by atoms with Crippen molar-refractivity contribution < 1.29 is 4.79 Å². The summed E-state index contributed by atoms with van der Waals surface area (Å²) in [6.45, 7) is 7.46. The first-order chi connectivity index (χ1) is 11.1. The quantitative estimate of drug-likeness (QED) is 0.765. The second-order valence-corrected chi connectivity index (χ2v) is 6.69. The van der Waals surface area contributed by atoms with Crippen LogP contribution in [0.25, 0.3) is 0 Å². The lowest BCUT2D eigenvalue weighted by Crippen LogP contribution is -2.49. The van der Waals surface area contributed by atoms with Crippen molar-refractivity contribution in [2.45, 2.75) is 26.2 Å². The molecular formula is C18H28ClN3O. The zero-order valence-corrected chi connectivity index (χ0v) is 15.1. The van der Waals surface area contributed by atoms with Crippen LogP contribution in [0.3, 0.4) is 0 Å². The zero-order chi connectivity index (χ0) is 16.7. The van der Waals surface area contributed by atoms with Gasteiger partial charge in [-0.1, -0.05) is 31.0 Å². The lowest BCUT2D eigenvalue weighted by Gasteiger charge is -2.36. The molecule has 1 heterocycles. The maximum absolute atomic E-state index is 12.3. The van der Waals surface area contributed by atoms with E-state index in [1.807, 2.05) is 23.1 Å². The van der Waals surface area contributed by atoms with Gasteiger partial charge in [-0.2, -0.15) is 0 Å². The van der Waals surface area contributed by atoms with Crippen LogP contribution in [0.1, 0.15) is 26.2 Å². The molecular weight excluding hydrogens is 310 g/mol. The average Bonchev–Trinajstić information content (AvgIpc) is 2.58. The summed E-state index contributed by atoms with van der Waals surface area (Å²) in [5, 5.41) is 0.760. The molecule has 0 aromatic heterocycles. The molecule has 128 valence electrons. The Morgan fingerprint density at radius 1 is 1.22 bits per heavy atom. The van der Waals surface area contributed by atoms with Crippen LogP contribution in [0.4, 0.5) is 5.69 Å². The van der Waals surface area contributed by atoms with Crippen molar-refractivity contribution in [3.05, 3.63) is 29.3 Å². The van der Waals surface area contributed by atoms with Gasteiger partial charge < -0.3 is 14.7 Å². The summed E-state index contributed by atoms with van der Waals surface area (Å²) in [6, 6.07) is 7.93. The van der Waals surface area contributed by atoms with Crippen molar-refractivity contribution in [3.8, 4) is 0 Å². The van der Waals surface area contributed by atoms with Crippen LogP contribution in [0.2, 0.25) is 5.02 Å². The molecule has 1 fully saturated rings. The molecule has 0 aliphatic carbocycles. The number of piperazine rings is 1. The summed E-state index contributed by atoms with van der Waals surface area (Å²) in [6.07, 6.45) is 3.02. The van der Waals surface area contributed by atoms with Crippen LogP contribution >= 0.6 is 11.6 Å². The fraction of sp³-hybridized carbons (Fsp3) is 0.611. The van der Waals surface area contributed by atoms with E-state index in [1.165, 1.54) is 12.8 Å². The minimum Gasteiger partial charge on any atom is -0.368 e. The van der Waals surface area contributed by atoms with E-state index in [0.717, 1.165) is 50.0 Å². The largest absolute Gasteiger partial charge is 0.368 e. The summed E-state index contributed by atoms with van der Waals surface area (Å²) in [4.78, 5) is 18.9. The molecule has 0 bridgehead atoms. The van der Waals surface area contributed by atoms with Crippen LogP contribution in [0.15, 0.2) is 24.3 Å². The topological polar surface area (TPSA) is 26.8 Å². The standard InChI is InChI=1S/C18H28ClN3O/c1-3-4-9-20(2)10-8-18(23)22-13-11-21(12-14-22)17-7-5-6-16(19)15-17/h5-7,15H,3-4,8-14H2,1-2H3. The smallest absolute Gasteiger partial charge is 0.223 e. The predicted molar refractivity (Wildman–Crippen MR) is 97.3 cm³/mol. The average molecular weight is 338 g/mol. The molecule has 1 aromatic rings. The van der Waals surface area contributed by atoms with Gasteiger partial charge >= 0.3 is 0 Å². The van der Waals surface area contributed by atoms with Crippen LogP contribution in [0, 0.1) is 0 Å². The molecule has 0 spiro atoms. The van der Waals surface area contributed by atoms with Crippen LogP contribution in [-0.2, 0) is 4.79 Å². The summed E-state index contributed by atoms with van der Waals surface area (Å²) in [5.74, 6) is 0.277. The maximum Gasteiger partial charge on any atom is 0.223 e. The number of halogens is 1. The zero-order valence-electron chi connectivity index (χ0n) is 14.3. The lowest BCUT2D eigenvalue weighted by atomic mass is 10.2. The molecule has 1 aromatic carbocycles. The molecule has 1 amide bonds. The Labute approximate surface area is 145 Å². The SMILES string of the molecule is CCCCN(C)CCC(=O)N1CCN(c2cccc(Cl)c2)CC1. The number of amides is 1. The molecule has 23 heavy (non-hydrogen) atoms. The second kappa shape index (κ2) is 9.14. The van der Waals surface area contributed by atoms with Gasteiger partial charge in [-0.05, 0) is 38.2 Å². The fourth-order valence-electron chi connectivity index (χ4n) is 2.87.